The fourth-order valence-corrected chi connectivity index (χ4v) is 3.12. The predicted molar refractivity (Wildman–Crippen MR) is 89.5 cm³/mol. The highest BCUT2D eigenvalue weighted by molar-refractivity contribution is 6.35. The van der Waals surface area contributed by atoms with Gasteiger partial charge in [-0.15, -0.1) is 0 Å². The van der Waals surface area contributed by atoms with Gasteiger partial charge in [-0.2, -0.15) is 0 Å². The highest BCUT2D eigenvalue weighted by Gasteiger charge is 2.22. The van der Waals surface area contributed by atoms with Gasteiger partial charge in [-0.3, -0.25) is 0 Å². The van der Waals surface area contributed by atoms with Crippen molar-refractivity contribution < 1.29 is 4.39 Å². The fraction of sp³-hybridized carbons (Fsp3) is 0.312. The van der Waals surface area contributed by atoms with E-state index in [0.717, 1.165) is 31.7 Å². The third-order valence-electron chi connectivity index (χ3n) is 3.84. The van der Waals surface area contributed by atoms with E-state index in [-0.39, 0.29) is 5.82 Å². The predicted octanol–water partition coefficient (Wildman–Crippen LogP) is 4.47. The van der Waals surface area contributed by atoms with Crippen molar-refractivity contribution in [2.24, 2.45) is 5.92 Å². The van der Waals surface area contributed by atoms with Crippen LogP contribution >= 0.6 is 23.2 Å². The van der Waals surface area contributed by atoms with E-state index in [2.05, 4.69) is 15.2 Å². The molecule has 2 aromatic rings. The fourth-order valence-electron chi connectivity index (χ4n) is 2.67. The van der Waals surface area contributed by atoms with Crippen molar-refractivity contribution in [2.75, 3.05) is 29.9 Å². The number of hydrogen-bond donors (Lipinski definition) is 1. The number of benzene rings is 1. The third kappa shape index (κ3) is 3.62. The van der Waals surface area contributed by atoms with Crippen LogP contribution in [0.5, 0.6) is 0 Å². The van der Waals surface area contributed by atoms with Crippen molar-refractivity contribution in [3.63, 3.8) is 0 Å². The molecule has 1 aliphatic heterocycles. The van der Waals surface area contributed by atoms with Crippen molar-refractivity contribution in [1.82, 2.24) is 4.98 Å². The Balaban J connectivity index is 1.56. The first-order chi connectivity index (χ1) is 10.6. The Hall–Kier alpha value is -1.52. The molecule has 116 valence electrons. The van der Waals surface area contributed by atoms with Crippen molar-refractivity contribution >= 4 is 34.7 Å². The van der Waals surface area contributed by atoms with Gasteiger partial charge in [0, 0.05) is 31.5 Å². The van der Waals surface area contributed by atoms with E-state index < -0.39 is 0 Å². The van der Waals surface area contributed by atoms with Crippen molar-refractivity contribution in [2.45, 2.75) is 6.42 Å². The highest BCUT2D eigenvalue weighted by Crippen LogP contribution is 2.26. The summed E-state index contributed by atoms with van der Waals surface area (Å²) in [7, 11) is 0. The molecule has 0 radical (unpaired) electrons. The van der Waals surface area contributed by atoms with Crippen LogP contribution < -0.4 is 10.2 Å². The van der Waals surface area contributed by atoms with Crippen LogP contribution in [0.4, 0.5) is 15.9 Å². The van der Waals surface area contributed by atoms with Gasteiger partial charge in [0.05, 0.1) is 10.0 Å². The second kappa shape index (κ2) is 6.71. The van der Waals surface area contributed by atoms with E-state index in [1.807, 2.05) is 12.1 Å². The summed E-state index contributed by atoms with van der Waals surface area (Å²) in [6.45, 7) is 2.70. The molecule has 0 unspecified atom stereocenters. The number of pyridine rings is 1. The average Bonchev–Trinajstić information content (AvgIpc) is 2.96. The topological polar surface area (TPSA) is 28.2 Å². The first-order valence-electron chi connectivity index (χ1n) is 7.17. The molecule has 6 heteroatoms. The molecular weight excluding hydrogens is 324 g/mol. The van der Waals surface area contributed by atoms with E-state index in [1.54, 1.807) is 12.3 Å². The quantitative estimate of drug-likeness (QED) is 0.890. The zero-order valence-corrected chi connectivity index (χ0v) is 13.4. The molecule has 0 spiro atoms. The van der Waals surface area contributed by atoms with Crippen LogP contribution in [0.3, 0.4) is 0 Å². The Morgan fingerprint density at radius 3 is 2.77 bits per heavy atom. The van der Waals surface area contributed by atoms with Crippen LogP contribution in [0.1, 0.15) is 6.42 Å². The van der Waals surface area contributed by atoms with Crippen molar-refractivity contribution in [3.8, 4) is 0 Å². The Labute approximate surface area is 139 Å². The summed E-state index contributed by atoms with van der Waals surface area (Å²) in [4.78, 5) is 6.46. The van der Waals surface area contributed by atoms with Crippen LogP contribution in [-0.2, 0) is 0 Å². The molecule has 1 aromatic carbocycles. The Morgan fingerprint density at radius 2 is 2.05 bits per heavy atom. The van der Waals surface area contributed by atoms with E-state index in [1.165, 1.54) is 12.1 Å². The molecule has 0 saturated carbocycles. The molecule has 1 saturated heterocycles. The maximum atomic E-state index is 13.0. The van der Waals surface area contributed by atoms with Gasteiger partial charge in [-0.1, -0.05) is 23.2 Å². The van der Waals surface area contributed by atoms with Crippen LogP contribution in [-0.4, -0.2) is 24.6 Å². The number of hydrogen-bond acceptors (Lipinski definition) is 3. The molecule has 22 heavy (non-hydrogen) atoms. The zero-order valence-electron chi connectivity index (χ0n) is 11.9. The van der Waals surface area contributed by atoms with Gasteiger partial charge in [-0.25, -0.2) is 9.37 Å². The SMILES string of the molecule is Fc1ccc(N2CC[C@H](CNc3ncc(Cl)cc3Cl)C2)cc1. The molecule has 0 aliphatic carbocycles. The number of nitrogens with zero attached hydrogens (tertiary/aromatic N) is 2. The van der Waals surface area contributed by atoms with Gasteiger partial charge < -0.3 is 10.2 Å². The molecule has 0 bridgehead atoms. The van der Waals surface area contributed by atoms with E-state index in [9.17, 15) is 4.39 Å². The lowest BCUT2D eigenvalue weighted by atomic mass is 10.1. The Kier molecular flexibility index (Phi) is 4.69. The average molecular weight is 340 g/mol. The first-order valence-corrected chi connectivity index (χ1v) is 7.93. The van der Waals surface area contributed by atoms with Crippen molar-refractivity contribution in [1.29, 1.82) is 0 Å². The van der Waals surface area contributed by atoms with E-state index >= 15 is 0 Å². The molecule has 1 atom stereocenters. The largest absolute Gasteiger partial charge is 0.371 e. The number of rotatable bonds is 4. The van der Waals surface area contributed by atoms with Gasteiger partial charge >= 0.3 is 0 Å². The van der Waals surface area contributed by atoms with Gasteiger partial charge in [0.15, 0.2) is 0 Å². The second-order valence-electron chi connectivity index (χ2n) is 5.44. The van der Waals surface area contributed by atoms with Crippen LogP contribution in [0.2, 0.25) is 10.0 Å². The smallest absolute Gasteiger partial charge is 0.144 e. The summed E-state index contributed by atoms with van der Waals surface area (Å²) in [6, 6.07) is 8.32. The van der Waals surface area contributed by atoms with Gasteiger partial charge in [0.2, 0.25) is 0 Å². The maximum Gasteiger partial charge on any atom is 0.144 e. The van der Waals surface area contributed by atoms with Crippen LogP contribution in [0.25, 0.3) is 0 Å². The number of anilines is 2. The van der Waals surface area contributed by atoms with Gasteiger partial charge in [0.25, 0.3) is 0 Å². The Bertz CT molecular complexity index is 648. The lowest BCUT2D eigenvalue weighted by molar-refractivity contribution is 0.620. The number of nitrogens with one attached hydrogen (secondary N) is 1. The minimum atomic E-state index is -0.204. The summed E-state index contributed by atoms with van der Waals surface area (Å²) < 4.78 is 13.0. The van der Waals surface area contributed by atoms with Gasteiger partial charge in [-0.05, 0) is 42.7 Å². The molecule has 1 fully saturated rings. The maximum absolute atomic E-state index is 13.0. The molecule has 1 aromatic heterocycles. The lowest BCUT2D eigenvalue weighted by Gasteiger charge is -2.19. The summed E-state index contributed by atoms with van der Waals surface area (Å²) >= 11 is 11.9. The van der Waals surface area contributed by atoms with Crippen molar-refractivity contribution in [3.05, 3.63) is 52.4 Å². The number of aromatic nitrogens is 1. The molecule has 3 rings (SSSR count). The monoisotopic (exact) mass is 339 g/mol. The van der Waals surface area contributed by atoms with Crippen LogP contribution in [0.15, 0.2) is 36.5 Å². The van der Waals surface area contributed by atoms with Gasteiger partial charge in [0.1, 0.15) is 11.6 Å². The summed E-state index contributed by atoms with van der Waals surface area (Å²) in [5.74, 6) is 0.953. The Morgan fingerprint density at radius 1 is 1.27 bits per heavy atom. The van der Waals surface area contributed by atoms with Crippen LogP contribution in [0, 0.1) is 11.7 Å². The molecule has 0 amide bonds. The second-order valence-corrected chi connectivity index (χ2v) is 6.29. The zero-order chi connectivity index (χ0) is 15.5. The standard InChI is InChI=1S/C16H16Cl2FN3/c17-12-7-15(18)16(21-9-12)20-8-11-5-6-22(10-11)14-3-1-13(19)2-4-14/h1-4,7,9,11H,5-6,8,10H2,(H,20,21)/t11-/m1/s1. The first kappa shape index (κ1) is 15.4. The molecular formula is C16H16Cl2FN3. The minimum Gasteiger partial charge on any atom is -0.371 e. The summed E-state index contributed by atoms with van der Waals surface area (Å²) in [5, 5.41) is 4.33. The summed E-state index contributed by atoms with van der Waals surface area (Å²) in [5.41, 5.74) is 1.06. The van der Waals surface area contributed by atoms with E-state index in [0.29, 0.717) is 21.8 Å². The normalized spacial score (nSPS) is 17.8. The lowest BCUT2D eigenvalue weighted by Crippen LogP contribution is -2.22. The number of halogens is 3. The third-order valence-corrected chi connectivity index (χ3v) is 4.34. The highest BCUT2D eigenvalue weighted by atomic mass is 35.5. The molecule has 3 nitrogen and oxygen atoms in total. The molecule has 2 heterocycles. The molecule has 1 aliphatic rings. The van der Waals surface area contributed by atoms with E-state index in [4.69, 9.17) is 23.2 Å². The summed E-state index contributed by atoms with van der Waals surface area (Å²) in [6.07, 6.45) is 2.66. The molecule has 1 N–H and O–H groups in total. The minimum absolute atomic E-state index is 0.204.